The van der Waals surface area contributed by atoms with E-state index in [1.807, 2.05) is 18.2 Å². The first-order valence-electron chi connectivity index (χ1n) is 15.4. The van der Waals surface area contributed by atoms with E-state index in [1.54, 1.807) is 36.4 Å². The maximum absolute atomic E-state index is 15.1. The average molecular weight is 659 g/mol. The molecule has 0 heterocycles. The van der Waals surface area contributed by atoms with Crippen LogP contribution in [0.4, 0.5) is 8.78 Å². The van der Waals surface area contributed by atoms with Gasteiger partial charge in [0.2, 0.25) is 0 Å². The Labute approximate surface area is 277 Å². The molecule has 4 aromatic carbocycles. The predicted octanol–water partition coefficient (Wildman–Crippen LogP) is 8.66. The van der Waals surface area contributed by atoms with Crippen LogP contribution in [0.15, 0.2) is 102 Å². The Morgan fingerprint density at radius 2 is 1.64 bits per heavy atom. The highest BCUT2D eigenvalue weighted by atomic mass is 32.2. The zero-order valence-corrected chi connectivity index (χ0v) is 27.7. The lowest BCUT2D eigenvalue weighted by Gasteiger charge is -2.22. The lowest BCUT2D eigenvalue weighted by atomic mass is 9.83. The van der Waals surface area contributed by atoms with E-state index in [-0.39, 0.29) is 46.7 Å². The van der Waals surface area contributed by atoms with Gasteiger partial charge in [-0.3, -0.25) is 4.79 Å². The lowest BCUT2D eigenvalue weighted by molar-refractivity contribution is 0.0956. The van der Waals surface area contributed by atoms with Crippen LogP contribution in [0.25, 0.3) is 16.9 Å². The summed E-state index contributed by atoms with van der Waals surface area (Å²) in [6, 6.07) is 26.6. The molecule has 0 aliphatic carbocycles. The number of oxime groups is 1. The minimum Gasteiger partial charge on any atom is -0.357 e. The van der Waals surface area contributed by atoms with Crippen molar-refractivity contribution < 1.29 is 27.2 Å². The van der Waals surface area contributed by atoms with Crippen LogP contribution in [0.3, 0.4) is 0 Å². The number of amides is 1. The van der Waals surface area contributed by atoms with Gasteiger partial charge in [-0.25, -0.2) is 13.0 Å². The Hall–Kier alpha value is -4.47. The van der Waals surface area contributed by atoms with Crippen molar-refractivity contribution in [2.24, 2.45) is 5.16 Å². The molecule has 4 aromatic rings. The van der Waals surface area contributed by atoms with Gasteiger partial charge < -0.3 is 14.7 Å². The summed E-state index contributed by atoms with van der Waals surface area (Å²) in [7, 11) is 0. The van der Waals surface area contributed by atoms with Crippen LogP contribution in [0.2, 0.25) is 0 Å². The molecule has 0 aliphatic heterocycles. The van der Waals surface area contributed by atoms with E-state index in [4.69, 9.17) is 9.39 Å². The van der Waals surface area contributed by atoms with Gasteiger partial charge in [-0.2, -0.15) is 0 Å². The number of nitrogens with zero attached hydrogens (tertiary/aromatic N) is 1. The Morgan fingerprint density at radius 1 is 0.979 bits per heavy atom. The number of allylic oxidation sites excluding steroid dienone is 1. The molecule has 0 spiro atoms. The summed E-state index contributed by atoms with van der Waals surface area (Å²) in [4.78, 5) is 17.9. The minimum atomic E-state index is -1.97. The number of carbonyl (C=O) groups is 1. The summed E-state index contributed by atoms with van der Waals surface area (Å²) in [5, 5.41) is 6.23. The fourth-order valence-corrected chi connectivity index (χ4v) is 5.57. The van der Waals surface area contributed by atoms with Crippen molar-refractivity contribution in [3.05, 3.63) is 137 Å². The van der Waals surface area contributed by atoms with Crippen LogP contribution < -0.4 is 5.32 Å². The van der Waals surface area contributed by atoms with E-state index < -0.39 is 16.9 Å². The van der Waals surface area contributed by atoms with E-state index in [0.717, 1.165) is 16.7 Å². The maximum Gasteiger partial charge on any atom is 0.251 e. The van der Waals surface area contributed by atoms with Gasteiger partial charge >= 0.3 is 0 Å². The van der Waals surface area contributed by atoms with Crippen LogP contribution in [-0.2, 0) is 27.8 Å². The third kappa shape index (κ3) is 10.3. The third-order valence-electron chi connectivity index (χ3n) is 7.93. The van der Waals surface area contributed by atoms with Gasteiger partial charge in [0, 0.05) is 18.8 Å². The van der Waals surface area contributed by atoms with Crippen LogP contribution >= 0.6 is 0 Å². The third-order valence-corrected chi connectivity index (χ3v) is 8.48. The van der Waals surface area contributed by atoms with Crippen LogP contribution in [0, 0.1) is 11.6 Å². The van der Waals surface area contributed by atoms with Crippen molar-refractivity contribution >= 4 is 29.5 Å². The number of hydrogen-bond donors (Lipinski definition) is 2. The number of nitrogens with one attached hydrogen (secondary N) is 1. The van der Waals surface area contributed by atoms with Gasteiger partial charge in [-0.15, -0.1) is 0 Å². The molecule has 0 saturated carbocycles. The van der Waals surface area contributed by atoms with Gasteiger partial charge in [-0.05, 0) is 101 Å². The predicted molar refractivity (Wildman–Crippen MR) is 186 cm³/mol. The molecule has 2 N–H and O–H groups in total. The topological polar surface area (TPSA) is 88.0 Å². The van der Waals surface area contributed by atoms with Crippen LogP contribution in [0.5, 0.6) is 0 Å². The van der Waals surface area contributed by atoms with Crippen molar-refractivity contribution in [1.82, 2.24) is 5.32 Å². The van der Waals surface area contributed by atoms with Crippen molar-refractivity contribution in [3.63, 3.8) is 0 Å². The van der Waals surface area contributed by atoms with E-state index in [1.165, 1.54) is 23.8 Å². The fourth-order valence-electron chi connectivity index (χ4n) is 5.29. The maximum atomic E-state index is 15.1. The van der Waals surface area contributed by atoms with E-state index in [2.05, 4.69) is 62.2 Å². The molecule has 6 nitrogen and oxygen atoms in total. The monoisotopic (exact) mass is 658 g/mol. The van der Waals surface area contributed by atoms with Gasteiger partial charge in [0.1, 0.15) is 11.6 Å². The minimum absolute atomic E-state index is 0.00976. The highest BCUT2D eigenvalue weighted by molar-refractivity contribution is 7.79. The second-order valence-electron chi connectivity index (χ2n) is 12.3. The number of carbonyl (C=O) groups excluding carboxylic acids is 1. The average Bonchev–Trinajstić information content (AvgIpc) is 3.04. The number of benzene rings is 4. The summed E-state index contributed by atoms with van der Waals surface area (Å²) in [5.41, 5.74) is 5.56. The number of rotatable bonds is 14. The molecule has 0 aliphatic rings. The molecule has 1 amide bonds. The smallest absolute Gasteiger partial charge is 0.251 e. The molecule has 0 bridgehead atoms. The van der Waals surface area contributed by atoms with Crippen LogP contribution in [-0.4, -0.2) is 33.7 Å². The van der Waals surface area contributed by atoms with E-state index in [9.17, 15) is 13.4 Å². The fraction of sp³-hybridized carbons (Fsp3) is 0.263. The summed E-state index contributed by atoms with van der Waals surface area (Å²) in [5.74, 6) is -0.838. The van der Waals surface area contributed by atoms with E-state index in [0.29, 0.717) is 30.4 Å². The SMILES string of the molecule is C=NO/C(=C\CCC(Cc1ccc(C(=O)NCCS(=O)O)cc1)c1ccc(C(C)(C)C)cc1)c1cc(-c2ccc(F)cc2)ccc1F. The number of halogens is 2. The summed E-state index contributed by atoms with van der Waals surface area (Å²) in [6.45, 7) is 10.1. The van der Waals surface area contributed by atoms with Crippen molar-refractivity contribution in [2.75, 3.05) is 12.3 Å². The molecule has 4 rings (SSSR count). The normalized spacial score (nSPS) is 13.1. The van der Waals surface area contributed by atoms with E-state index >= 15 is 4.39 Å². The Morgan fingerprint density at radius 3 is 2.26 bits per heavy atom. The Balaban J connectivity index is 1.57. The molecule has 47 heavy (non-hydrogen) atoms. The molecule has 0 aromatic heterocycles. The Kier molecular flexibility index (Phi) is 12.3. The van der Waals surface area contributed by atoms with Gasteiger partial charge in [-0.1, -0.05) is 80.5 Å². The van der Waals surface area contributed by atoms with Crippen molar-refractivity contribution in [2.45, 2.75) is 51.4 Å². The van der Waals surface area contributed by atoms with Gasteiger partial charge in [0.25, 0.3) is 5.91 Å². The number of hydrogen-bond acceptors (Lipinski definition) is 4. The van der Waals surface area contributed by atoms with Gasteiger partial charge in [0.05, 0.1) is 11.3 Å². The lowest BCUT2D eigenvalue weighted by Crippen LogP contribution is -2.27. The first-order valence-corrected chi connectivity index (χ1v) is 16.7. The zero-order valence-electron chi connectivity index (χ0n) is 26.8. The van der Waals surface area contributed by atoms with Gasteiger partial charge in [0.15, 0.2) is 16.8 Å². The molecule has 0 saturated heterocycles. The molecule has 2 unspecified atom stereocenters. The standard InChI is InChI=1S/C38H40F2N2O4S/c1-38(2,3)32-17-12-27(13-18-32)30(24-26-8-10-29(11-9-26)37(43)42-22-23-47(44)45)6-5-7-36(46-41-4)34-25-31(16-21-35(34)40)28-14-19-33(39)20-15-28/h7-21,25,30H,4-6,22-24H2,1-3H3,(H,42,43)(H,44,45)/b36-7-. The first kappa shape index (κ1) is 35.4. The molecule has 2 atom stereocenters. The zero-order chi connectivity index (χ0) is 34.0. The van der Waals surface area contributed by atoms with Crippen LogP contribution in [0.1, 0.15) is 72.1 Å². The van der Waals surface area contributed by atoms with Crippen molar-refractivity contribution in [3.8, 4) is 11.1 Å². The molecular weight excluding hydrogens is 618 g/mol. The first-order chi connectivity index (χ1) is 22.4. The summed E-state index contributed by atoms with van der Waals surface area (Å²) < 4.78 is 48.4. The largest absolute Gasteiger partial charge is 0.357 e. The molecule has 0 fully saturated rings. The highest BCUT2D eigenvalue weighted by Gasteiger charge is 2.18. The highest BCUT2D eigenvalue weighted by Crippen LogP contribution is 2.32. The second kappa shape index (κ2) is 16.4. The van der Waals surface area contributed by atoms with Crippen molar-refractivity contribution in [1.29, 1.82) is 0 Å². The molecule has 246 valence electrons. The Bertz CT molecular complexity index is 1720. The molecule has 0 radical (unpaired) electrons. The second-order valence-corrected chi connectivity index (χ2v) is 13.4. The summed E-state index contributed by atoms with van der Waals surface area (Å²) >= 11 is -1.97. The quantitative estimate of drug-likeness (QED) is 0.0615. The molecular formula is C38H40F2N2O4S. The molecule has 9 heteroatoms. The summed E-state index contributed by atoms with van der Waals surface area (Å²) in [6.07, 6.45) is 3.76.